The standard InChI is InChI=1S/C14H16N2O2/c1-2-12-8-16(9-13(12)15)14(17)18-10-11-6-4-3-5-7-11/h1,3-7,12-13H,8-10,15H2/t12?,13-/m1/s1. The number of nitrogens with zero attached hydrogens (tertiary/aromatic N) is 1. The molecule has 94 valence electrons. The predicted molar refractivity (Wildman–Crippen MR) is 68.5 cm³/mol. The van der Waals surface area contributed by atoms with Crippen molar-refractivity contribution in [2.24, 2.45) is 11.7 Å². The summed E-state index contributed by atoms with van der Waals surface area (Å²) in [5, 5.41) is 0. The maximum atomic E-state index is 11.8. The topological polar surface area (TPSA) is 55.6 Å². The zero-order valence-corrected chi connectivity index (χ0v) is 10.1. The molecule has 1 fully saturated rings. The smallest absolute Gasteiger partial charge is 0.410 e. The van der Waals surface area contributed by atoms with Crippen LogP contribution in [0.3, 0.4) is 0 Å². The maximum absolute atomic E-state index is 11.8. The van der Waals surface area contributed by atoms with Crippen molar-refractivity contribution in [3.63, 3.8) is 0 Å². The normalized spacial score (nSPS) is 22.6. The minimum absolute atomic E-state index is 0.0747. The summed E-state index contributed by atoms with van der Waals surface area (Å²) in [5.74, 6) is 2.52. The van der Waals surface area contributed by atoms with Crippen molar-refractivity contribution < 1.29 is 9.53 Å². The lowest BCUT2D eigenvalue weighted by molar-refractivity contribution is 0.103. The van der Waals surface area contributed by atoms with Crippen LogP contribution in [0, 0.1) is 18.3 Å². The molecular weight excluding hydrogens is 228 g/mol. The van der Waals surface area contributed by atoms with E-state index in [0.29, 0.717) is 13.1 Å². The molecule has 2 N–H and O–H groups in total. The number of carbonyl (C=O) groups excluding carboxylic acids is 1. The van der Waals surface area contributed by atoms with Crippen LogP contribution in [0.2, 0.25) is 0 Å². The minimum Gasteiger partial charge on any atom is -0.445 e. The summed E-state index contributed by atoms with van der Waals surface area (Å²) in [7, 11) is 0. The fourth-order valence-electron chi connectivity index (χ4n) is 1.97. The van der Waals surface area contributed by atoms with E-state index in [9.17, 15) is 4.79 Å². The molecule has 4 nitrogen and oxygen atoms in total. The molecule has 4 heteroatoms. The molecule has 1 saturated heterocycles. The number of ether oxygens (including phenoxy) is 1. The molecule has 1 unspecified atom stereocenters. The van der Waals surface area contributed by atoms with E-state index in [4.69, 9.17) is 16.9 Å². The molecule has 18 heavy (non-hydrogen) atoms. The van der Waals surface area contributed by atoms with Crippen LogP contribution in [0.4, 0.5) is 4.79 Å². The van der Waals surface area contributed by atoms with Crippen molar-refractivity contribution in [1.29, 1.82) is 0 Å². The average molecular weight is 244 g/mol. The Morgan fingerprint density at radius 2 is 2.17 bits per heavy atom. The quantitative estimate of drug-likeness (QED) is 0.796. The van der Waals surface area contributed by atoms with Crippen molar-refractivity contribution >= 4 is 6.09 Å². The van der Waals surface area contributed by atoms with Crippen molar-refractivity contribution in [2.45, 2.75) is 12.6 Å². The molecule has 2 atom stereocenters. The minimum atomic E-state index is -0.355. The third-order valence-corrected chi connectivity index (χ3v) is 3.04. The number of terminal acetylenes is 1. The van der Waals surface area contributed by atoms with Gasteiger partial charge in [0.05, 0.1) is 5.92 Å². The number of hydrogen-bond donors (Lipinski definition) is 1. The van der Waals surface area contributed by atoms with Crippen LogP contribution in [-0.4, -0.2) is 30.1 Å². The van der Waals surface area contributed by atoms with Gasteiger partial charge in [0.25, 0.3) is 0 Å². The van der Waals surface area contributed by atoms with Gasteiger partial charge in [-0.25, -0.2) is 4.79 Å². The van der Waals surface area contributed by atoms with Gasteiger partial charge in [0.15, 0.2) is 0 Å². The highest BCUT2D eigenvalue weighted by molar-refractivity contribution is 5.68. The molecule has 2 rings (SSSR count). The van der Waals surface area contributed by atoms with Gasteiger partial charge in [-0.3, -0.25) is 0 Å². The lowest BCUT2D eigenvalue weighted by Crippen LogP contribution is -2.32. The third kappa shape index (κ3) is 2.82. The molecule has 0 spiro atoms. The van der Waals surface area contributed by atoms with E-state index in [0.717, 1.165) is 5.56 Å². The molecular formula is C14H16N2O2. The second kappa shape index (κ2) is 5.56. The van der Waals surface area contributed by atoms with E-state index in [1.165, 1.54) is 0 Å². The van der Waals surface area contributed by atoms with Gasteiger partial charge < -0.3 is 15.4 Å². The SMILES string of the molecule is C#CC1CN(C(=O)OCc2ccccc2)C[C@H]1N. The summed E-state index contributed by atoms with van der Waals surface area (Å²) in [4.78, 5) is 13.4. The van der Waals surface area contributed by atoms with Crippen LogP contribution >= 0.6 is 0 Å². The van der Waals surface area contributed by atoms with Crippen LogP contribution in [0.15, 0.2) is 30.3 Å². The van der Waals surface area contributed by atoms with E-state index in [2.05, 4.69) is 5.92 Å². The number of nitrogens with two attached hydrogens (primary N) is 1. The first-order valence-corrected chi connectivity index (χ1v) is 5.88. The lowest BCUT2D eigenvalue weighted by Gasteiger charge is -2.15. The highest BCUT2D eigenvalue weighted by Gasteiger charge is 2.32. The summed E-state index contributed by atoms with van der Waals surface area (Å²) < 4.78 is 5.22. The Morgan fingerprint density at radius 3 is 2.78 bits per heavy atom. The zero-order chi connectivity index (χ0) is 13.0. The Bertz CT molecular complexity index is 453. The van der Waals surface area contributed by atoms with Crippen LogP contribution in [0.5, 0.6) is 0 Å². The van der Waals surface area contributed by atoms with E-state index in [-0.39, 0.29) is 24.7 Å². The van der Waals surface area contributed by atoms with E-state index >= 15 is 0 Å². The van der Waals surface area contributed by atoms with Gasteiger partial charge in [0.2, 0.25) is 0 Å². The summed E-state index contributed by atoms with van der Waals surface area (Å²) >= 11 is 0. The Labute approximate surface area is 107 Å². The molecule has 0 radical (unpaired) electrons. The van der Waals surface area contributed by atoms with Gasteiger partial charge in [0, 0.05) is 19.1 Å². The van der Waals surface area contributed by atoms with Crippen LogP contribution < -0.4 is 5.73 Å². The molecule has 1 aliphatic rings. The second-order valence-electron chi connectivity index (χ2n) is 4.38. The number of likely N-dealkylation sites (tertiary alicyclic amines) is 1. The van der Waals surface area contributed by atoms with Crippen molar-refractivity contribution in [3.8, 4) is 12.3 Å². The molecule has 0 aliphatic carbocycles. The van der Waals surface area contributed by atoms with Crippen molar-refractivity contribution in [1.82, 2.24) is 4.90 Å². The second-order valence-corrected chi connectivity index (χ2v) is 4.38. The highest BCUT2D eigenvalue weighted by atomic mass is 16.6. The number of rotatable bonds is 2. The Balaban J connectivity index is 1.85. The van der Waals surface area contributed by atoms with Crippen LogP contribution in [0.25, 0.3) is 0 Å². The van der Waals surface area contributed by atoms with Crippen LogP contribution in [-0.2, 0) is 11.3 Å². The first-order valence-electron chi connectivity index (χ1n) is 5.88. The lowest BCUT2D eigenvalue weighted by atomic mass is 10.1. The Kier molecular flexibility index (Phi) is 3.85. The summed E-state index contributed by atoms with van der Waals surface area (Å²) in [6.45, 7) is 1.21. The molecule has 1 aromatic rings. The molecule has 0 aromatic heterocycles. The fraction of sp³-hybridized carbons (Fsp3) is 0.357. The van der Waals surface area contributed by atoms with E-state index in [1.54, 1.807) is 4.90 Å². The summed E-state index contributed by atoms with van der Waals surface area (Å²) in [5.41, 5.74) is 6.79. The average Bonchev–Trinajstić information content (AvgIpc) is 2.78. The molecule has 1 aliphatic heterocycles. The first kappa shape index (κ1) is 12.5. The van der Waals surface area contributed by atoms with Gasteiger partial charge in [-0.15, -0.1) is 6.42 Å². The summed E-state index contributed by atoms with van der Waals surface area (Å²) in [6, 6.07) is 9.40. The molecule has 0 saturated carbocycles. The fourth-order valence-corrected chi connectivity index (χ4v) is 1.97. The number of hydrogen-bond acceptors (Lipinski definition) is 3. The highest BCUT2D eigenvalue weighted by Crippen LogP contribution is 2.15. The van der Waals surface area contributed by atoms with Gasteiger partial charge in [-0.1, -0.05) is 36.3 Å². The molecule has 1 aromatic carbocycles. The number of amides is 1. The van der Waals surface area contributed by atoms with Gasteiger partial charge in [0.1, 0.15) is 6.61 Å². The molecule has 0 bridgehead atoms. The zero-order valence-electron chi connectivity index (χ0n) is 10.1. The number of benzene rings is 1. The summed E-state index contributed by atoms with van der Waals surface area (Å²) in [6.07, 6.45) is 4.99. The predicted octanol–water partition coefficient (Wildman–Crippen LogP) is 1.22. The van der Waals surface area contributed by atoms with Crippen molar-refractivity contribution in [3.05, 3.63) is 35.9 Å². The maximum Gasteiger partial charge on any atom is 0.410 e. The molecule has 1 heterocycles. The Hall–Kier alpha value is -1.99. The van der Waals surface area contributed by atoms with Gasteiger partial charge >= 0.3 is 6.09 Å². The van der Waals surface area contributed by atoms with Gasteiger partial charge in [-0.05, 0) is 5.56 Å². The van der Waals surface area contributed by atoms with E-state index in [1.807, 2.05) is 30.3 Å². The van der Waals surface area contributed by atoms with E-state index < -0.39 is 0 Å². The number of carbonyl (C=O) groups is 1. The Morgan fingerprint density at radius 1 is 1.44 bits per heavy atom. The largest absolute Gasteiger partial charge is 0.445 e. The van der Waals surface area contributed by atoms with Crippen molar-refractivity contribution in [2.75, 3.05) is 13.1 Å². The van der Waals surface area contributed by atoms with Crippen LogP contribution in [0.1, 0.15) is 5.56 Å². The monoisotopic (exact) mass is 244 g/mol. The molecule has 1 amide bonds. The third-order valence-electron chi connectivity index (χ3n) is 3.04. The first-order chi connectivity index (χ1) is 8.70. The van der Waals surface area contributed by atoms with Gasteiger partial charge in [-0.2, -0.15) is 0 Å².